The van der Waals surface area contributed by atoms with Crippen LogP contribution in [0.4, 0.5) is 13.2 Å². The van der Waals surface area contributed by atoms with Crippen LogP contribution in [-0.2, 0) is 13.6 Å². The van der Waals surface area contributed by atoms with Gasteiger partial charge in [0.25, 0.3) is 0 Å². The molecule has 98 valence electrons. The second-order valence-electron chi connectivity index (χ2n) is 4.09. The molecule has 0 saturated carbocycles. The fourth-order valence-corrected chi connectivity index (χ4v) is 1.67. The highest BCUT2D eigenvalue weighted by Crippen LogP contribution is 2.18. The molecule has 0 aliphatic rings. The Morgan fingerprint density at radius 2 is 2.12 bits per heavy atom. The minimum absolute atomic E-state index is 0.0941. The molecule has 0 atom stereocenters. The first-order chi connectivity index (χ1) is 7.90. The summed E-state index contributed by atoms with van der Waals surface area (Å²) in [7, 11) is 1.82. The number of alkyl halides is 3. The van der Waals surface area contributed by atoms with Crippen LogP contribution in [0.25, 0.3) is 0 Å². The second kappa shape index (κ2) is 6.07. The van der Waals surface area contributed by atoms with Crippen LogP contribution in [0.15, 0.2) is 18.5 Å². The molecule has 1 aromatic rings. The Bertz CT molecular complexity index is 336. The maximum Gasteiger partial charge on any atom is 0.401 e. The number of rotatable bonds is 6. The monoisotopic (exact) mass is 250 g/mol. The highest BCUT2D eigenvalue weighted by molar-refractivity contribution is 5.09. The first-order valence-corrected chi connectivity index (χ1v) is 5.41. The smallest absolute Gasteiger partial charge is 0.396 e. The van der Waals surface area contributed by atoms with Crippen LogP contribution in [0, 0.1) is 0 Å². The summed E-state index contributed by atoms with van der Waals surface area (Å²) in [4.78, 5) is 1.30. The average molecular weight is 250 g/mol. The Morgan fingerprint density at radius 3 is 2.59 bits per heavy atom. The normalized spacial score (nSPS) is 12.4. The van der Waals surface area contributed by atoms with E-state index in [2.05, 4.69) is 0 Å². The van der Waals surface area contributed by atoms with Gasteiger partial charge in [0.1, 0.15) is 0 Å². The van der Waals surface area contributed by atoms with Crippen molar-refractivity contribution < 1.29 is 18.3 Å². The molecular weight excluding hydrogens is 233 g/mol. The summed E-state index contributed by atoms with van der Waals surface area (Å²) < 4.78 is 38.8. The number of aryl methyl sites for hydroxylation is 1. The van der Waals surface area contributed by atoms with Gasteiger partial charge in [-0.2, -0.15) is 13.2 Å². The predicted molar refractivity (Wildman–Crippen MR) is 58.4 cm³/mol. The lowest BCUT2D eigenvalue weighted by Gasteiger charge is -2.22. The van der Waals surface area contributed by atoms with Gasteiger partial charge in [-0.15, -0.1) is 0 Å². The molecule has 0 bridgehead atoms. The highest BCUT2D eigenvalue weighted by atomic mass is 19.4. The van der Waals surface area contributed by atoms with Crippen LogP contribution >= 0.6 is 0 Å². The van der Waals surface area contributed by atoms with Crippen LogP contribution in [-0.4, -0.2) is 40.4 Å². The molecule has 0 aliphatic heterocycles. The van der Waals surface area contributed by atoms with Crippen molar-refractivity contribution in [1.82, 2.24) is 9.47 Å². The molecule has 0 aliphatic carbocycles. The van der Waals surface area contributed by atoms with E-state index in [4.69, 9.17) is 5.11 Å². The third kappa shape index (κ3) is 5.74. The van der Waals surface area contributed by atoms with Crippen molar-refractivity contribution in [2.24, 2.45) is 7.05 Å². The van der Waals surface area contributed by atoms with Crippen molar-refractivity contribution in [1.29, 1.82) is 0 Å². The van der Waals surface area contributed by atoms with Crippen LogP contribution < -0.4 is 0 Å². The fourth-order valence-electron chi connectivity index (χ4n) is 1.67. The zero-order valence-corrected chi connectivity index (χ0v) is 9.74. The van der Waals surface area contributed by atoms with Gasteiger partial charge in [-0.25, -0.2) is 0 Å². The number of aliphatic hydroxyl groups excluding tert-OH is 1. The zero-order chi connectivity index (χ0) is 12.9. The lowest BCUT2D eigenvalue weighted by molar-refractivity contribution is -0.147. The fraction of sp³-hybridized carbons (Fsp3) is 0.636. The Balaban J connectivity index is 2.56. The molecule has 1 N–H and O–H groups in total. The van der Waals surface area contributed by atoms with Crippen molar-refractivity contribution in [3.8, 4) is 0 Å². The molecule has 1 heterocycles. The number of aromatic nitrogens is 1. The molecule has 3 nitrogen and oxygen atoms in total. The van der Waals surface area contributed by atoms with Crippen LogP contribution in [0.1, 0.15) is 12.0 Å². The van der Waals surface area contributed by atoms with Crippen molar-refractivity contribution in [2.45, 2.75) is 19.1 Å². The van der Waals surface area contributed by atoms with E-state index in [1.807, 2.05) is 7.05 Å². The lowest BCUT2D eigenvalue weighted by Crippen LogP contribution is -2.34. The van der Waals surface area contributed by atoms with Gasteiger partial charge in [0.05, 0.1) is 6.54 Å². The summed E-state index contributed by atoms with van der Waals surface area (Å²) in [5.41, 5.74) is 0.842. The van der Waals surface area contributed by atoms with E-state index < -0.39 is 12.7 Å². The highest BCUT2D eigenvalue weighted by Gasteiger charge is 2.30. The minimum Gasteiger partial charge on any atom is -0.396 e. The molecule has 17 heavy (non-hydrogen) atoms. The molecule has 0 unspecified atom stereocenters. The molecule has 0 saturated heterocycles. The van der Waals surface area contributed by atoms with E-state index in [1.165, 1.54) is 4.90 Å². The van der Waals surface area contributed by atoms with E-state index >= 15 is 0 Å². The second-order valence-corrected chi connectivity index (χ2v) is 4.09. The zero-order valence-electron chi connectivity index (χ0n) is 9.74. The Morgan fingerprint density at radius 1 is 1.41 bits per heavy atom. The van der Waals surface area contributed by atoms with Crippen LogP contribution in [0.3, 0.4) is 0 Å². The lowest BCUT2D eigenvalue weighted by atomic mass is 10.3. The number of aliphatic hydroxyl groups is 1. The van der Waals surface area contributed by atoms with Crippen molar-refractivity contribution in [3.05, 3.63) is 24.0 Å². The molecule has 0 spiro atoms. The third-order valence-corrected chi connectivity index (χ3v) is 2.33. The van der Waals surface area contributed by atoms with Gasteiger partial charge >= 0.3 is 6.18 Å². The molecule has 1 aromatic heterocycles. The standard InChI is InChI=1S/C11H17F3N2O/c1-15-5-3-10(7-15)8-16(4-2-6-17)9-11(12,13)14/h3,5,7,17H,2,4,6,8-9H2,1H3. The van der Waals surface area contributed by atoms with Crippen LogP contribution in [0.2, 0.25) is 0 Å². The Labute approximate surface area is 98.5 Å². The van der Waals surface area contributed by atoms with Crippen molar-refractivity contribution in [2.75, 3.05) is 19.7 Å². The Hall–Kier alpha value is -1.01. The maximum atomic E-state index is 12.3. The largest absolute Gasteiger partial charge is 0.401 e. The molecular formula is C11H17F3N2O. The van der Waals surface area contributed by atoms with E-state index in [0.29, 0.717) is 6.42 Å². The van der Waals surface area contributed by atoms with Gasteiger partial charge < -0.3 is 9.67 Å². The number of hydrogen-bond donors (Lipinski definition) is 1. The topological polar surface area (TPSA) is 28.4 Å². The molecule has 1 rings (SSSR count). The molecule has 0 amide bonds. The first-order valence-electron chi connectivity index (χ1n) is 5.41. The van der Waals surface area contributed by atoms with Gasteiger partial charge in [0.2, 0.25) is 0 Å². The molecule has 0 fully saturated rings. The maximum absolute atomic E-state index is 12.3. The summed E-state index contributed by atoms with van der Waals surface area (Å²) in [5.74, 6) is 0. The molecule has 0 aromatic carbocycles. The van der Waals surface area contributed by atoms with Crippen molar-refractivity contribution in [3.63, 3.8) is 0 Å². The summed E-state index contributed by atoms with van der Waals surface area (Å²) in [6.45, 7) is -0.545. The summed E-state index contributed by atoms with van der Waals surface area (Å²) in [5, 5.41) is 8.67. The van der Waals surface area contributed by atoms with E-state index in [9.17, 15) is 13.2 Å². The van der Waals surface area contributed by atoms with Gasteiger partial charge in [-0.3, -0.25) is 4.90 Å². The van der Waals surface area contributed by atoms with E-state index in [1.54, 1.807) is 23.0 Å². The Kier molecular flexibility index (Phi) is 5.02. The summed E-state index contributed by atoms with van der Waals surface area (Å²) >= 11 is 0. The average Bonchev–Trinajstić information content (AvgIpc) is 2.58. The van der Waals surface area contributed by atoms with Gasteiger partial charge in [-0.05, 0) is 18.1 Å². The molecule has 0 radical (unpaired) electrons. The van der Waals surface area contributed by atoms with Crippen molar-refractivity contribution >= 4 is 0 Å². The third-order valence-electron chi connectivity index (χ3n) is 2.33. The SMILES string of the molecule is Cn1ccc(CN(CCCO)CC(F)(F)F)c1. The van der Waals surface area contributed by atoms with Gasteiger partial charge in [0.15, 0.2) is 0 Å². The minimum atomic E-state index is -4.20. The number of hydrogen-bond acceptors (Lipinski definition) is 2. The quantitative estimate of drug-likeness (QED) is 0.833. The number of halogens is 3. The first kappa shape index (κ1) is 14.1. The van der Waals surface area contributed by atoms with E-state index in [0.717, 1.165) is 5.56 Å². The van der Waals surface area contributed by atoms with Crippen LogP contribution in [0.5, 0.6) is 0 Å². The van der Waals surface area contributed by atoms with Gasteiger partial charge in [-0.1, -0.05) is 0 Å². The van der Waals surface area contributed by atoms with Gasteiger partial charge in [0, 0.05) is 39.1 Å². The summed E-state index contributed by atoms with van der Waals surface area (Å²) in [6.07, 6.45) is -0.261. The molecule has 6 heteroatoms. The number of nitrogens with zero attached hydrogens (tertiary/aromatic N) is 2. The van der Waals surface area contributed by atoms with E-state index in [-0.39, 0.29) is 19.7 Å². The predicted octanol–water partition coefficient (Wildman–Crippen LogP) is 1.77. The summed E-state index contributed by atoms with van der Waals surface area (Å²) in [6, 6.07) is 1.79.